The Labute approximate surface area is 319 Å². The van der Waals surface area contributed by atoms with Crippen molar-refractivity contribution in [1.82, 2.24) is 0 Å². The molecule has 2 heteroatoms. The quantitative estimate of drug-likeness (QED) is 0.160. The van der Waals surface area contributed by atoms with E-state index in [9.17, 15) is 0 Å². The Kier molecular flexibility index (Phi) is 6.48. The minimum Gasteiger partial charge on any atom is -0.135 e. The van der Waals surface area contributed by atoms with E-state index >= 15 is 0 Å². The van der Waals surface area contributed by atoms with Crippen LogP contribution in [0.4, 0.5) is 0 Å². The van der Waals surface area contributed by atoms with Gasteiger partial charge in [0.15, 0.2) is 0 Å². The van der Waals surface area contributed by atoms with Crippen LogP contribution in [0.15, 0.2) is 182 Å². The fourth-order valence-corrected chi connectivity index (χ4v) is 11.5. The van der Waals surface area contributed by atoms with Crippen LogP contribution < -0.4 is 0 Å². The minimum absolute atomic E-state index is 1.24. The molecule has 12 rings (SSSR count). The lowest BCUT2D eigenvalue weighted by Gasteiger charge is -2.20. The van der Waals surface area contributed by atoms with Crippen LogP contribution in [-0.4, -0.2) is 0 Å². The first-order valence-corrected chi connectivity index (χ1v) is 20.1. The first kappa shape index (κ1) is 30.2. The van der Waals surface area contributed by atoms with Crippen molar-refractivity contribution < 1.29 is 0 Å². The van der Waals surface area contributed by atoms with Crippen molar-refractivity contribution in [1.29, 1.82) is 0 Å². The van der Waals surface area contributed by atoms with Gasteiger partial charge in [0, 0.05) is 45.7 Å². The van der Waals surface area contributed by atoms with Crippen molar-refractivity contribution >= 4 is 106 Å². The molecule has 0 nitrogen and oxygen atoms in total. The van der Waals surface area contributed by atoms with Gasteiger partial charge < -0.3 is 0 Å². The summed E-state index contributed by atoms with van der Waals surface area (Å²) in [4.78, 5) is 0. The monoisotopic (exact) mass is 718 g/mol. The molecular weight excluding hydrogens is 689 g/mol. The molecule has 12 aromatic rings. The number of benzene rings is 10. The van der Waals surface area contributed by atoms with E-state index in [-0.39, 0.29) is 0 Å². The third-order valence-corrected chi connectivity index (χ3v) is 13.8. The molecule has 0 aliphatic carbocycles. The number of rotatable bonds is 3. The number of thiophene rings is 2. The predicted octanol–water partition coefficient (Wildman–Crippen LogP) is 16.0. The Balaban J connectivity index is 1.15. The number of hydrogen-bond donors (Lipinski definition) is 0. The van der Waals surface area contributed by atoms with E-state index in [2.05, 4.69) is 182 Å². The zero-order valence-corrected chi connectivity index (χ0v) is 30.8. The fourth-order valence-electron chi connectivity index (χ4n) is 9.12. The summed E-state index contributed by atoms with van der Waals surface area (Å²) in [5, 5.41) is 15.7. The number of hydrogen-bond acceptors (Lipinski definition) is 2. The van der Waals surface area contributed by atoms with Gasteiger partial charge in [0.05, 0.1) is 0 Å². The molecule has 0 saturated carbocycles. The third-order valence-electron chi connectivity index (χ3n) is 11.5. The summed E-state index contributed by atoms with van der Waals surface area (Å²) in [6.45, 7) is 0. The van der Waals surface area contributed by atoms with Gasteiger partial charge in [-0.15, -0.1) is 22.7 Å². The summed E-state index contributed by atoms with van der Waals surface area (Å²) in [6.07, 6.45) is 0. The molecule has 250 valence electrons. The zero-order valence-electron chi connectivity index (χ0n) is 29.1. The highest BCUT2D eigenvalue weighted by Crippen LogP contribution is 2.49. The summed E-state index contributed by atoms with van der Waals surface area (Å²) >= 11 is 3.83. The summed E-state index contributed by atoms with van der Waals surface area (Å²) in [7, 11) is 0. The van der Waals surface area contributed by atoms with Crippen molar-refractivity contribution in [2.24, 2.45) is 0 Å². The van der Waals surface area contributed by atoms with Gasteiger partial charge in [-0.3, -0.25) is 0 Å². The second kappa shape index (κ2) is 11.6. The van der Waals surface area contributed by atoms with Gasteiger partial charge in [-0.25, -0.2) is 0 Å². The van der Waals surface area contributed by atoms with Crippen molar-refractivity contribution in [2.75, 3.05) is 0 Å². The SMILES string of the molecule is c1ccc(-c2c3ccccc3c(-c3ccc(-c4cc5c6cc7sc8ccccc8c7cc6sc5c5ccccc45)c4ccccc34)c3ccccc23)cc1. The fraction of sp³-hybridized carbons (Fsp3) is 0. The summed E-state index contributed by atoms with van der Waals surface area (Å²) in [6, 6.07) is 67.8. The van der Waals surface area contributed by atoms with Crippen molar-refractivity contribution in [2.45, 2.75) is 0 Å². The van der Waals surface area contributed by atoms with Gasteiger partial charge in [0.25, 0.3) is 0 Å². The van der Waals surface area contributed by atoms with E-state index in [0.717, 1.165) is 0 Å². The van der Waals surface area contributed by atoms with Gasteiger partial charge >= 0.3 is 0 Å². The van der Waals surface area contributed by atoms with E-state index in [4.69, 9.17) is 0 Å². The van der Waals surface area contributed by atoms with Crippen LogP contribution in [0.5, 0.6) is 0 Å². The molecule has 0 aliphatic heterocycles. The molecule has 0 spiro atoms. The molecule has 10 aromatic carbocycles. The van der Waals surface area contributed by atoms with Gasteiger partial charge in [-0.2, -0.15) is 0 Å². The molecule has 54 heavy (non-hydrogen) atoms. The first-order valence-electron chi connectivity index (χ1n) is 18.5. The van der Waals surface area contributed by atoms with E-state index in [1.54, 1.807) is 0 Å². The van der Waals surface area contributed by atoms with Crippen molar-refractivity contribution in [3.63, 3.8) is 0 Å². The topological polar surface area (TPSA) is 0 Å². The highest BCUT2D eigenvalue weighted by Gasteiger charge is 2.21. The van der Waals surface area contributed by atoms with E-state index in [1.165, 1.54) is 117 Å². The smallest absolute Gasteiger partial charge is 0.0434 e. The Morgan fingerprint density at radius 2 is 0.704 bits per heavy atom. The van der Waals surface area contributed by atoms with Crippen LogP contribution in [0, 0.1) is 0 Å². The summed E-state index contributed by atoms with van der Waals surface area (Å²) in [5.74, 6) is 0. The molecule has 0 bridgehead atoms. The Hall–Kier alpha value is -6.32. The second-order valence-electron chi connectivity index (χ2n) is 14.3. The van der Waals surface area contributed by atoms with E-state index < -0.39 is 0 Å². The average molecular weight is 719 g/mol. The molecule has 0 N–H and O–H groups in total. The molecule has 0 amide bonds. The maximum atomic E-state index is 2.48. The van der Waals surface area contributed by atoms with Crippen molar-refractivity contribution in [3.05, 3.63) is 182 Å². The largest absolute Gasteiger partial charge is 0.135 e. The highest BCUT2D eigenvalue weighted by molar-refractivity contribution is 7.28. The maximum absolute atomic E-state index is 2.48. The predicted molar refractivity (Wildman–Crippen MR) is 239 cm³/mol. The van der Waals surface area contributed by atoms with Crippen LogP contribution in [0.25, 0.3) is 117 Å². The molecule has 0 atom stereocenters. The normalized spacial score (nSPS) is 12.1. The lowest BCUT2D eigenvalue weighted by molar-refractivity contribution is 1.66. The van der Waals surface area contributed by atoms with Crippen LogP contribution in [0.2, 0.25) is 0 Å². The van der Waals surface area contributed by atoms with Crippen LogP contribution in [-0.2, 0) is 0 Å². The summed E-state index contributed by atoms with van der Waals surface area (Å²) < 4.78 is 5.41. The van der Waals surface area contributed by atoms with Gasteiger partial charge in [-0.1, -0.05) is 158 Å². The van der Waals surface area contributed by atoms with Gasteiger partial charge in [0.2, 0.25) is 0 Å². The van der Waals surface area contributed by atoms with Crippen LogP contribution in [0.3, 0.4) is 0 Å². The Morgan fingerprint density at radius 3 is 1.37 bits per heavy atom. The van der Waals surface area contributed by atoms with Gasteiger partial charge in [0.1, 0.15) is 0 Å². The molecule has 0 fully saturated rings. The lowest BCUT2D eigenvalue weighted by atomic mass is 9.83. The van der Waals surface area contributed by atoms with Gasteiger partial charge in [-0.05, 0) is 95.3 Å². The zero-order chi connectivity index (χ0) is 35.3. The molecule has 0 aliphatic rings. The molecule has 2 aromatic heterocycles. The molecule has 0 saturated heterocycles. The standard InChI is InChI=1S/C52H30S2/c1-2-14-31(15-3-1)50-37-20-7-9-22-39(37)51(40-23-10-8-21-38(40)50)41-27-26-35(32-16-4-5-17-33(32)41)43-28-46-45-30-48-44(36-19-12-13-25-47(36)53-48)29-49(45)54-52(46)42-24-11-6-18-34(42)43/h1-30H. The average Bonchev–Trinajstić information content (AvgIpc) is 3.79. The Morgan fingerprint density at radius 1 is 0.241 bits per heavy atom. The molecule has 2 heterocycles. The van der Waals surface area contributed by atoms with E-state index in [1.807, 2.05) is 22.7 Å². The second-order valence-corrected chi connectivity index (χ2v) is 16.4. The van der Waals surface area contributed by atoms with Crippen molar-refractivity contribution in [3.8, 4) is 33.4 Å². The minimum atomic E-state index is 1.24. The molecular formula is C52H30S2. The highest BCUT2D eigenvalue weighted by atomic mass is 32.1. The Bertz CT molecular complexity index is 3430. The third kappa shape index (κ3) is 4.30. The first-order chi connectivity index (χ1) is 26.8. The van der Waals surface area contributed by atoms with Crippen LogP contribution >= 0.6 is 22.7 Å². The maximum Gasteiger partial charge on any atom is 0.0434 e. The number of fused-ring (bicyclic) bond motifs is 11. The van der Waals surface area contributed by atoms with E-state index in [0.29, 0.717) is 0 Å². The molecule has 0 unspecified atom stereocenters. The van der Waals surface area contributed by atoms with Crippen LogP contribution in [0.1, 0.15) is 0 Å². The lowest BCUT2D eigenvalue weighted by Crippen LogP contribution is -1.92. The summed E-state index contributed by atoms with van der Waals surface area (Å²) in [5.41, 5.74) is 7.64. The molecule has 0 radical (unpaired) electrons.